The molecule has 3 aromatic heterocycles. The van der Waals surface area contributed by atoms with E-state index < -0.39 is 0 Å². The Morgan fingerprint density at radius 2 is 1.87 bits per heavy atom. The number of nitrogens with one attached hydrogen (secondary N) is 2. The summed E-state index contributed by atoms with van der Waals surface area (Å²) in [6.45, 7) is 0. The number of benzene rings is 1. The first-order valence-corrected chi connectivity index (χ1v) is 10.8. The number of thiophene rings is 1. The molecule has 4 rings (SSSR count). The highest BCUT2D eigenvalue weighted by Crippen LogP contribution is 2.27. The second kappa shape index (κ2) is 9.33. The SMILES string of the molecule is O=C(CSc1nnc(-c2cccnc2)n1-c1ccccc1)NNC(=O)c1cccs1. The summed E-state index contributed by atoms with van der Waals surface area (Å²) >= 11 is 2.52. The van der Waals surface area contributed by atoms with Gasteiger partial charge in [-0.05, 0) is 35.7 Å². The number of hydrazine groups is 1. The van der Waals surface area contributed by atoms with Crippen molar-refractivity contribution in [3.8, 4) is 17.1 Å². The van der Waals surface area contributed by atoms with Crippen molar-refractivity contribution < 1.29 is 9.59 Å². The van der Waals surface area contributed by atoms with E-state index in [1.54, 1.807) is 29.9 Å². The predicted octanol–water partition coefficient (Wildman–Crippen LogP) is 2.94. The Labute approximate surface area is 180 Å². The van der Waals surface area contributed by atoms with Crippen molar-refractivity contribution in [3.63, 3.8) is 0 Å². The molecule has 0 aliphatic heterocycles. The van der Waals surface area contributed by atoms with Crippen molar-refractivity contribution in [2.24, 2.45) is 0 Å². The maximum atomic E-state index is 12.2. The number of nitrogens with zero attached hydrogens (tertiary/aromatic N) is 4. The normalized spacial score (nSPS) is 10.5. The summed E-state index contributed by atoms with van der Waals surface area (Å²) in [4.78, 5) is 28.8. The van der Waals surface area contributed by atoms with Crippen molar-refractivity contribution >= 4 is 34.9 Å². The average molecular weight is 437 g/mol. The van der Waals surface area contributed by atoms with Crippen LogP contribution >= 0.6 is 23.1 Å². The highest BCUT2D eigenvalue weighted by Gasteiger charge is 2.17. The topological polar surface area (TPSA) is 102 Å². The average Bonchev–Trinajstić information content (AvgIpc) is 3.47. The largest absolute Gasteiger partial charge is 0.279 e. The van der Waals surface area contributed by atoms with E-state index in [9.17, 15) is 9.59 Å². The molecular formula is C20H16N6O2S2. The van der Waals surface area contributed by atoms with E-state index in [4.69, 9.17) is 0 Å². The zero-order chi connectivity index (χ0) is 20.8. The summed E-state index contributed by atoms with van der Waals surface area (Å²) in [5, 5.41) is 10.9. The van der Waals surface area contributed by atoms with Crippen molar-refractivity contribution in [2.75, 3.05) is 5.75 Å². The Morgan fingerprint density at radius 1 is 1.00 bits per heavy atom. The second-order valence-corrected chi connectivity index (χ2v) is 7.88. The smallest absolute Gasteiger partial charge is 0.272 e. The van der Waals surface area contributed by atoms with E-state index in [2.05, 4.69) is 26.0 Å². The van der Waals surface area contributed by atoms with Crippen molar-refractivity contribution in [1.29, 1.82) is 0 Å². The fourth-order valence-corrected chi connectivity index (χ4v) is 3.99. The number of carbonyl (C=O) groups excluding carboxylic acids is 2. The number of thioether (sulfide) groups is 1. The summed E-state index contributed by atoms with van der Waals surface area (Å²) in [7, 11) is 0. The van der Waals surface area contributed by atoms with Gasteiger partial charge in [-0.25, -0.2) is 0 Å². The molecule has 0 aliphatic carbocycles. The number of carbonyl (C=O) groups is 2. The molecule has 8 nitrogen and oxygen atoms in total. The van der Waals surface area contributed by atoms with Crippen LogP contribution in [0.5, 0.6) is 0 Å². The van der Waals surface area contributed by atoms with Gasteiger partial charge < -0.3 is 0 Å². The lowest BCUT2D eigenvalue weighted by molar-refractivity contribution is -0.119. The summed E-state index contributed by atoms with van der Waals surface area (Å²) in [5.74, 6) is -0.0174. The van der Waals surface area contributed by atoms with Crippen LogP contribution in [0.3, 0.4) is 0 Å². The number of amides is 2. The Kier molecular flexibility index (Phi) is 6.16. The fourth-order valence-electron chi connectivity index (χ4n) is 2.62. The first-order chi connectivity index (χ1) is 14.7. The minimum atomic E-state index is -0.352. The molecule has 10 heteroatoms. The molecule has 0 aliphatic rings. The maximum absolute atomic E-state index is 12.2. The van der Waals surface area contributed by atoms with Gasteiger partial charge in [0.15, 0.2) is 11.0 Å². The molecule has 0 fully saturated rings. The Morgan fingerprint density at radius 3 is 2.60 bits per heavy atom. The van der Waals surface area contributed by atoms with E-state index >= 15 is 0 Å². The molecule has 2 amide bonds. The van der Waals surface area contributed by atoms with Gasteiger partial charge in [0.25, 0.3) is 5.91 Å². The van der Waals surface area contributed by atoms with Crippen LogP contribution in [0.15, 0.2) is 77.5 Å². The molecule has 0 saturated carbocycles. The zero-order valence-electron chi connectivity index (χ0n) is 15.6. The summed E-state index contributed by atoms with van der Waals surface area (Å²) < 4.78 is 1.87. The van der Waals surface area contributed by atoms with Gasteiger partial charge in [-0.3, -0.25) is 30.0 Å². The van der Waals surface area contributed by atoms with Crippen LogP contribution in [-0.4, -0.2) is 37.3 Å². The molecule has 3 heterocycles. The molecule has 1 aromatic carbocycles. The lowest BCUT2D eigenvalue weighted by atomic mass is 10.2. The van der Waals surface area contributed by atoms with Gasteiger partial charge in [0.2, 0.25) is 5.91 Å². The van der Waals surface area contributed by atoms with E-state index in [0.717, 1.165) is 11.3 Å². The van der Waals surface area contributed by atoms with Crippen LogP contribution < -0.4 is 10.9 Å². The number of pyridine rings is 1. The summed E-state index contributed by atoms with van der Waals surface area (Å²) in [5.41, 5.74) is 6.51. The monoisotopic (exact) mass is 436 g/mol. The molecular weight excluding hydrogens is 420 g/mol. The minimum Gasteiger partial charge on any atom is -0.272 e. The molecule has 4 aromatic rings. The van der Waals surface area contributed by atoms with Crippen molar-refractivity contribution in [2.45, 2.75) is 5.16 Å². The van der Waals surface area contributed by atoms with Crippen molar-refractivity contribution in [1.82, 2.24) is 30.6 Å². The van der Waals surface area contributed by atoms with Gasteiger partial charge in [-0.15, -0.1) is 21.5 Å². The predicted molar refractivity (Wildman–Crippen MR) is 115 cm³/mol. The van der Waals surface area contributed by atoms with E-state index in [0.29, 0.717) is 15.9 Å². The first-order valence-electron chi connectivity index (χ1n) is 8.89. The highest BCUT2D eigenvalue weighted by molar-refractivity contribution is 7.99. The molecule has 0 saturated heterocycles. The molecule has 0 bridgehead atoms. The fraction of sp³-hybridized carbons (Fsp3) is 0.0500. The van der Waals surface area contributed by atoms with E-state index in [-0.39, 0.29) is 17.6 Å². The maximum Gasteiger partial charge on any atom is 0.279 e. The number of aromatic nitrogens is 4. The Bertz CT molecular complexity index is 1130. The molecule has 30 heavy (non-hydrogen) atoms. The van der Waals surface area contributed by atoms with Gasteiger partial charge in [0, 0.05) is 23.6 Å². The third-order valence-corrected chi connectivity index (χ3v) is 5.76. The molecule has 0 unspecified atom stereocenters. The van der Waals surface area contributed by atoms with Crippen LogP contribution in [0.2, 0.25) is 0 Å². The highest BCUT2D eigenvalue weighted by atomic mass is 32.2. The van der Waals surface area contributed by atoms with Crippen LogP contribution in [0, 0.1) is 0 Å². The number of para-hydroxylation sites is 1. The molecule has 150 valence electrons. The zero-order valence-corrected chi connectivity index (χ0v) is 17.2. The van der Waals surface area contributed by atoms with Gasteiger partial charge >= 0.3 is 0 Å². The van der Waals surface area contributed by atoms with Gasteiger partial charge in [-0.1, -0.05) is 36.0 Å². The third-order valence-electron chi connectivity index (χ3n) is 3.96. The molecule has 2 N–H and O–H groups in total. The third kappa shape index (κ3) is 4.56. The van der Waals surface area contributed by atoms with E-state index in [1.807, 2.05) is 47.0 Å². The number of hydrogen-bond donors (Lipinski definition) is 2. The number of rotatable bonds is 6. The van der Waals surface area contributed by atoms with E-state index in [1.165, 1.54) is 23.1 Å². The van der Waals surface area contributed by atoms with Gasteiger partial charge in [0.1, 0.15) is 0 Å². The van der Waals surface area contributed by atoms with Crippen LogP contribution in [0.1, 0.15) is 9.67 Å². The molecule has 0 spiro atoms. The van der Waals surface area contributed by atoms with Crippen LogP contribution in [0.4, 0.5) is 0 Å². The van der Waals surface area contributed by atoms with Gasteiger partial charge in [0.05, 0.1) is 10.6 Å². The second-order valence-electron chi connectivity index (χ2n) is 5.99. The number of hydrogen-bond acceptors (Lipinski definition) is 7. The summed E-state index contributed by atoms with van der Waals surface area (Å²) in [6.07, 6.45) is 3.40. The van der Waals surface area contributed by atoms with Crippen LogP contribution in [-0.2, 0) is 4.79 Å². The quantitative estimate of drug-likeness (QED) is 0.356. The van der Waals surface area contributed by atoms with Crippen molar-refractivity contribution in [3.05, 3.63) is 77.2 Å². The molecule has 0 radical (unpaired) electrons. The molecule has 0 atom stereocenters. The lowest BCUT2D eigenvalue weighted by Gasteiger charge is -2.10. The van der Waals surface area contributed by atoms with Gasteiger partial charge in [-0.2, -0.15) is 0 Å². The lowest BCUT2D eigenvalue weighted by Crippen LogP contribution is -2.42. The summed E-state index contributed by atoms with van der Waals surface area (Å²) in [6, 6.07) is 16.8. The minimum absolute atomic E-state index is 0.0583. The first kappa shape index (κ1) is 19.8. The van der Waals surface area contributed by atoms with Crippen LogP contribution in [0.25, 0.3) is 17.1 Å². The Hall–Kier alpha value is -3.50. The Balaban J connectivity index is 1.48. The standard InChI is InChI=1S/C20H16N6O2S2/c27-17(22-24-19(28)16-9-5-11-29-16)13-30-20-25-23-18(14-6-4-10-21-12-14)26(20)15-7-2-1-3-8-15/h1-12H,13H2,(H,22,27)(H,24,28).